The molecule has 4 aromatic heterocycles. The van der Waals surface area contributed by atoms with Crippen LogP contribution in [-0.4, -0.2) is 47.0 Å². The Morgan fingerprint density at radius 2 is 1.73 bits per heavy atom. The first-order valence-electron chi connectivity index (χ1n) is 11.0. The van der Waals surface area contributed by atoms with E-state index in [9.17, 15) is 8.42 Å². The molecule has 0 saturated heterocycles. The lowest BCUT2D eigenvalue weighted by molar-refractivity contribution is 0.353. The van der Waals surface area contributed by atoms with E-state index in [2.05, 4.69) is 25.0 Å². The Morgan fingerprint density at radius 3 is 2.46 bits per heavy atom. The molecule has 5 rings (SSSR count). The predicted molar refractivity (Wildman–Crippen MR) is 141 cm³/mol. The van der Waals surface area contributed by atoms with Gasteiger partial charge in [0.05, 0.1) is 30.5 Å². The number of hydrogen-bond donors (Lipinski definition) is 2. The molecule has 0 atom stereocenters. The van der Waals surface area contributed by atoms with Gasteiger partial charge in [0.2, 0.25) is 5.88 Å². The van der Waals surface area contributed by atoms with E-state index in [1.54, 1.807) is 12.1 Å². The molecule has 11 nitrogen and oxygen atoms in total. The first-order chi connectivity index (χ1) is 17.8. The Kier molecular flexibility index (Phi) is 6.39. The quantitative estimate of drug-likeness (QED) is 0.295. The van der Waals surface area contributed by atoms with Crippen LogP contribution < -0.4 is 19.5 Å². The van der Waals surface area contributed by atoms with Gasteiger partial charge in [-0.25, -0.2) is 18.4 Å². The van der Waals surface area contributed by atoms with Gasteiger partial charge >= 0.3 is 6.01 Å². The summed E-state index contributed by atoms with van der Waals surface area (Å²) in [6.45, 7) is 4.00. The molecule has 0 fully saturated rings. The van der Waals surface area contributed by atoms with Crippen molar-refractivity contribution in [3.8, 4) is 23.3 Å². The van der Waals surface area contributed by atoms with E-state index in [0.717, 1.165) is 28.3 Å². The molecule has 4 heterocycles. The highest BCUT2D eigenvalue weighted by Crippen LogP contribution is 2.30. The van der Waals surface area contributed by atoms with Gasteiger partial charge in [-0.1, -0.05) is 0 Å². The zero-order valence-electron chi connectivity index (χ0n) is 20.4. The van der Waals surface area contributed by atoms with Gasteiger partial charge in [0.15, 0.2) is 10.9 Å². The molecule has 0 bridgehead atoms. The molecule has 0 amide bonds. The summed E-state index contributed by atoms with van der Waals surface area (Å²) in [7, 11) is -1.12. The molecule has 13 heteroatoms. The van der Waals surface area contributed by atoms with Crippen LogP contribution in [0.2, 0.25) is 0 Å². The number of aromatic nitrogens is 5. The number of anilines is 3. The predicted octanol–water partition coefficient (Wildman–Crippen LogP) is 4.43. The van der Waals surface area contributed by atoms with Crippen LogP contribution in [0.4, 0.5) is 16.6 Å². The van der Waals surface area contributed by atoms with Crippen molar-refractivity contribution in [2.75, 3.05) is 24.3 Å². The summed E-state index contributed by atoms with van der Waals surface area (Å²) in [6.07, 6.45) is 1.99. The summed E-state index contributed by atoms with van der Waals surface area (Å²) in [5, 5.41) is 5.87. The van der Waals surface area contributed by atoms with E-state index in [-0.39, 0.29) is 22.6 Å². The van der Waals surface area contributed by atoms with Gasteiger partial charge in [-0.05, 0) is 55.8 Å². The van der Waals surface area contributed by atoms with Crippen LogP contribution in [0.5, 0.6) is 11.9 Å². The summed E-state index contributed by atoms with van der Waals surface area (Å²) in [4.78, 5) is 17.4. The Morgan fingerprint density at radius 1 is 0.946 bits per heavy atom. The number of methoxy groups -OCH3 is 2. The molecular formula is C24H23N7O4S2. The Bertz CT molecular complexity index is 1670. The molecule has 0 unspecified atom stereocenters. The van der Waals surface area contributed by atoms with Crippen LogP contribution in [0.3, 0.4) is 0 Å². The van der Waals surface area contributed by atoms with E-state index in [0.29, 0.717) is 10.8 Å². The van der Waals surface area contributed by atoms with Crippen molar-refractivity contribution in [3.05, 3.63) is 65.3 Å². The fourth-order valence-electron chi connectivity index (χ4n) is 3.70. The van der Waals surface area contributed by atoms with Crippen molar-refractivity contribution in [2.45, 2.75) is 18.7 Å². The lowest BCUT2D eigenvalue weighted by Gasteiger charge is -2.10. The van der Waals surface area contributed by atoms with Gasteiger partial charge in [-0.15, -0.1) is 11.3 Å². The highest BCUT2D eigenvalue weighted by molar-refractivity contribution is 7.92. The molecule has 37 heavy (non-hydrogen) atoms. The van der Waals surface area contributed by atoms with Crippen LogP contribution in [0.1, 0.15) is 11.3 Å². The van der Waals surface area contributed by atoms with Gasteiger partial charge < -0.3 is 14.8 Å². The molecular weight excluding hydrogens is 514 g/mol. The van der Waals surface area contributed by atoms with Gasteiger partial charge in [-0.2, -0.15) is 9.97 Å². The largest absolute Gasteiger partial charge is 0.481 e. The van der Waals surface area contributed by atoms with Crippen molar-refractivity contribution < 1.29 is 17.9 Å². The second-order valence-corrected chi connectivity index (χ2v) is 10.6. The van der Waals surface area contributed by atoms with Gasteiger partial charge in [0.1, 0.15) is 11.3 Å². The van der Waals surface area contributed by atoms with E-state index in [1.807, 2.05) is 42.0 Å². The van der Waals surface area contributed by atoms with Crippen LogP contribution >= 0.6 is 11.3 Å². The number of thiazole rings is 1. The fourth-order valence-corrected chi connectivity index (χ4v) is 5.41. The molecule has 0 radical (unpaired) electrons. The maximum Gasteiger partial charge on any atom is 0.321 e. The molecule has 2 N–H and O–H groups in total. The topological polar surface area (TPSA) is 133 Å². The monoisotopic (exact) mass is 537 g/mol. The van der Waals surface area contributed by atoms with Crippen molar-refractivity contribution in [1.82, 2.24) is 24.3 Å². The summed E-state index contributed by atoms with van der Waals surface area (Å²) < 4.78 is 40.2. The summed E-state index contributed by atoms with van der Waals surface area (Å²) in [5.74, 6) is 0.195. The van der Waals surface area contributed by atoms with Crippen LogP contribution in [0, 0.1) is 13.8 Å². The van der Waals surface area contributed by atoms with Crippen LogP contribution in [0.25, 0.3) is 17.0 Å². The average molecular weight is 538 g/mol. The normalized spacial score (nSPS) is 11.5. The molecule has 0 aliphatic rings. The SMILES string of the molecule is COc1cc(NS(=O)(=O)c2ccc(Nc3nc(-c4c(C)nc5cc(C)ccn45)cs3)cc2)nc(OC)n1. The maximum absolute atomic E-state index is 12.9. The lowest BCUT2D eigenvalue weighted by atomic mass is 10.2. The fraction of sp³-hybridized carbons (Fsp3) is 0.167. The third kappa shape index (κ3) is 5.04. The molecule has 5 aromatic rings. The van der Waals surface area contributed by atoms with Crippen molar-refractivity contribution in [3.63, 3.8) is 0 Å². The van der Waals surface area contributed by atoms with Gasteiger partial charge in [-0.3, -0.25) is 9.12 Å². The molecule has 0 aliphatic carbocycles. The minimum Gasteiger partial charge on any atom is -0.481 e. The lowest BCUT2D eigenvalue weighted by Crippen LogP contribution is -2.14. The maximum atomic E-state index is 12.9. The average Bonchev–Trinajstić information content (AvgIpc) is 3.46. The molecule has 0 aliphatic heterocycles. The third-order valence-corrected chi connectivity index (χ3v) is 7.56. The number of hydrogen-bond acceptors (Lipinski definition) is 10. The highest BCUT2D eigenvalue weighted by Gasteiger charge is 2.18. The number of rotatable bonds is 8. The van der Waals surface area contributed by atoms with Crippen LogP contribution in [0.15, 0.2) is 58.9 Å². The highest BCUT2D eigenvalue weighted by atomic mass is 32.2. The number of aryl methyl sites for hydroxylation is 2. The van der Waals surface area contributed by atoms with E-state index in [1.165, 1.54) is 43.8 Å². The number of pyridine rings is 1. The molecule has 1 aromatic carbocycles. The van der Waals surface area contributed by atoms with Gasteiger partial charge in [0.25, 0.3) is 10.0 Å². The summed E-state index contributed by atoms with van der Waals surface area (Å²) in [5.41, 5.74) is 5.34. The first-order valence-corrected chi connectivity index (χ1v) is 13.4. The Hall–Kier alpha value is -4.23. The summed E-state index contributed by atoms with van der Waals surface area (Å²) >= 11 is 1.45. The Balaban J connectivity index is 1.33. The Labute approximate surface area is 217 Å². The number of nitrogens with zero attached hydrogens (tertiary/aromatic N) is 5. The number of sulfonamides is 1. The van der Waals surface area contributed by atoms with Crippen molar-refractivity contribution in [2.24, 2.45) is 0 Å². The number of imidazole rings is 1. The smallest absolute Gasteiger partial charge is 0.321 e. The van der Waals surface area contributed by atoms with Crippen molar-refractivity contribution >= 4 is 43.6 Å². The van der Waals surface area contributed by atoms with E-state index >= 15 is 0 Å². The van der Waals surface area contributed by atoms with Gasteiger partial charge in [0, 0.05) is 23.3 Å². The number of benzene rings is 1. The minimum atomic E-state index is -3.91. The molecule has 0 saturated carbocycles. The summed E-state index contributed by atoms with van der Waals surface area (Å²) in [6, 6.07) is 11.7. The second kappa shape index (κ2) is 9.67. The molecule has 190 valence electrons. The number of ether oxygens (including phenoxy) is 2. The third-order valence-electron chi connectivity index (χ3n) is 5.43. The number of nitrogens with one attached hydrogen (secondary N) is 2. The molecule has 0 spiro atoms. The van der Waals surface area contributed by atoms with Crippen LogP contribution in [-0.2, 0) is 10.0 Å². The zero-order chi connectivity index (χ0) is 26.2. The second-order valence-electron chi connectivity index (χ2n) is 8.05. The van der Waals surface area contributed by atoms with E-state index < -0.39 is 10.0 Å². The number of fused-ring (bicyclic) bond motifs is 1. The first kappa shape index (κ1) is 24.5. The standard InChI is InChI=1S/C24H23N7O4S2/c1-14-9-10-31-20(11-14)25-15(2)22(31)18-13-36-24(27-18)26-16-5-7-17(8-6-16)37(32,33)30-19-12-21(34-3)29-23(28-19)35-4/h5-13H,1-4H3,(H,26,27)(H,28,29,30). The zero-order valence-corrected chi connectivity index (χ0v) is 22.0. The van der Waals surface area contributed by atoms with E-state index in [4.69, 9.17) is 14.5 Å². The van der Waals surface area contributed by atoms with Crippen molar-refractivity contribution in [1.29, 1.82) is 0 Å². The minimum absolute atomic E-state index is 0.0198.